The van der Waals surface area contributed by atoms with Gasteiger partial charge in [0.05, 0.1) is 18.4 Å². The average molecular weight is 377 g/mol. The average Bonchev–Trinajstić information content (AvgIpc) is 2.91. The Balaban J connectivity index is 0.00000225. The van der Waals surface area contributed by atoms with Crippen LogP contribution in [-0.2, 0) is 13.6 Å². The van der Waals surface area contributed by atoms with Crippen LogP contribution in [0.5, 0.6) is 0 Å². The second kappa shape index (κ2) is 8.09. The molecule has 2 aromatic heterocycles. The Labute approximate surface area is 157 Å². The molecule has 3 aromatic rings. The van der Waals surface area contributed by atoms with E-state index in [0.29, 0.717) is 28.8 Å². The summed E-state index contributed by atoms with van der Waals surface area (Å²) in [6.45, 7) is 2.53. The zero-order valence-corrected chi connectivity index (χ0v) is 15.4. The fourth-order valence-electron chi connectivity index (χ4n) is 2.20. The first-order chi connectivity index (χ1) is 11.5. The van der Waals surface area contributed by atoms with E-state index in [4.69, 9.17) is 17.3 Å². The molecule has 8 heteroatoms. The van der Waals surface area contributed by atoms with Crippen molar-refractivity contribution in [2.24, 2.45) is 17.3 Å². The Hall–Kier alpha value is -2.44. The maximum atomic E-state index is 6.13. The second-order valence-corrected chi connectivity index (χ2v) is 6.01. The summed E-state index contributed by atoms with van der Waals surface area (Å²) in [6.07, 6.45) is 5.58. The normalized spacial score (nSPS) is 10.8. The van der Waals surface area contributed by atoms with Crippen molar-refractivity contribution < 1.29 is 17.0 Å². The third kappa shape index (κ3) is 4.55. The maximum Gasteiger partial charge on any atom is 0.168 e. The highest BCUT2D eigenvalue weighted by atomic mass is 35.5. The molecule has 0 spiro atoms. The van der Waals surface area contributed by atoms with Crippen molar-refractivity contribution in [3.05, 3.63) is 65.1 Å². The highest BCUT2D eigenvalue weighted by Gasteiger charge is 2.08. The molecule has 0 unspecified atom stereocenters. The summed E-state index contributed by atoms with van der Waals surface area (Å²) in [7, 11) is 1.97. The number of nitrogens with zero attached hydrogens (tertiary/aromatic N) is 5. The van der Waals surface area contributed by atoms with Gasteiger partial charge >= 0.3 is 0 Å². The first kappa shape index (κ1) is 18.9. The predicted octanol–water partition coefficient (Wildman–Crippen LogP) is 0.719. The highest BCUT2D eigenvalue weighted by Crippen LogP contribution is 2.28. The van der Waals surface area contributed by atoms with Gasteiger partial charge in [-0.25, -0.2) is 9.25 Å². The van der Waals surface area contributed by atoms with E-state index >= 15 is 0 Å². The Morgan fingerprint density at radius 3 is 2.56 bits per heavy atom. The van der Waals surface area contributed by atoms with Crippen LogP contribution < -0.4 is 22.7 Å². The van der Waals surface area contributed by atoms with Gasteiger partial charge in [-0.2, -0.15) is 10.2 Å². The lowest BCUT2D eigenvalue weighted by Gasteiger charge is -2.03. The minimum Gasteiger partial charge on any atom is -1.00 e. The lowest BCUT2D eigenvalue weighted by Crippen LogP contribution is -3.00. The topological polar surface area (TPSA) is 72.4 Å². The molecule has 0 atom stereocenters. The third-order valence-electron chi connectivity index (χ3n) is 3.68. The standard InChI is InChI=1S/C17H18ClN6.ClH/c1-12-3-4-14(18)9-15(12)21-22-16-10-20-24(17(16)19)11-13-5-7-23(2)8-6-13;/h3-10H,11,19H2,1-2H3;1H/q+1;/p-1/b22-21+;. The van der Waals surface area contributed by atoms with Gasteiger partial charge in [0.2, 0.25) is 0 Å². The molecule has 1 aromatic carbocycles. The molecular weight excluding hydrogens is 359 g/mol. The van der Waals surface area contributed by atoms with Crippen molar-refractivity contribution in [3.63, 3.8) is 0 Å². The summed E-state index contributed by atoms with van der Waals surface area (Å²) in [5, 5.41) is 13.4. The van der Waals surface area contributed by atoms with Crippen LogP contribution in [0.4, 0.5) is 17.2 Å². The minimum absolute atomic E-state index is 0. The molecule has 25 heavy (non-hydrogen) atoms. The number of azo groups is 1. The largest absolute Gasteiger partial charge is 1.00 e. The number of hydrogen-bond donors (Lipinski definition) is 1. The number of benzene rings is 1. The summed E-state index contributed by atoms with van der Waals surface area (Å²) in [4.78, 5) is 0. The molecule has 2 N–H and O–H groups in total. The zero-order valence-electron chi connectivity index (χ0n) is 13.9. The van der Waals surface area contributed by atoms with Crippen LogP contribution in [0.25, 0.3) is 0 Å². The summed E-state index contributed by atoms with van der Waals surface area (Å²) in [5.74, 6) is 0.478. The van der Waals surface area contributed by atoms with Crippen LogP contribution in [-0.4, -0.2) is 9.78 Å². The quantitative estimate of drug-likeness (QED) is 0.538. The molecule has 0 radical (unpaired) electrons. The first-order valence-electron chi connectivity index (χ1n) is 7.46. The molecule has 3 rings (SSSR count). The van der Waals surface area contributed by atoms with Crippen LogP contribution in [0, 0.1) is 6.92 Å². The summed E-state index contributed by atoms with van der Waals surface area (Å²) >= 11 is 5.99. The molecule has 0 saturated carbocycles. The number of halogens is 2. The molecule has 0 aliphatic carbocycles. The molecule has 2 heterocycles. The van der Waals surface area contributed by atoms with Crippen molar-refractivity contribution in [2.75, 3.05) is 5.73 Å². The van der Waals surface area contributed by atoms with Gasteiger partial charge in [0.15, 0.2) is 12.4 Å². The number of nitrogens with two attached hydrogens (primary N) is 1. The van der Waals surface area contributed by atoms with E-state index < -0.39 is 0 Å². The van der Waals surface area contributed by atoms with E-state index in [9.17, 15) is 0 Å². The second-order valence-electron chi connectivity index (χ2n) is 5.58. The van der Waals surface area contributed by atoms with Gasteiger partial charge in [0.1, 0.15) is 18.6 Å². The smallest absolute Gasteiger partial charge is 0.168 e. The zero-order chi connectivity index (χ0) is 17.1. The number of nitrogen functional groups attached to an aromatic ring is 1. The SMILES string of the molecule is Cc1ccc(Cl)cc1/N=N/c1cnn(Cc2cc[n+](C)cc2)c1N.[Cl-]. The Morgan fingerprint density at radius 2 is 1.84 bits per heavy atom. The number of aryl methyl sites for hydroxylation is 2. The number of rotatable bonds is 4. The van der Waals surface area contributed by atoms with E-state index in [1.165, 1.54) is 0 Å². The summed E-state index contributed by atoms with van der Waals surface area (Å²) in [5.41, 5.74) is 9.48. The van der Waals surface area contributed by atoms with Crippen LogP contribution in [0.2, 0.25) is 5.02 Å². The minimum atomic E-state index is 0. The van der Waals surface area contributed by atoms with E-state index in [-0.39, 0.29) is 12.4 Å². The van der Waals surface area contributed by atoms with Gasteiger partial charge in [-0.05, 0) is 30.2 Å². The van der Waals surface area contributed by atoms with Gasteiger partial charge in [-0.3, -0.25) is 0 Å². The molecule has 6 nitrogen and oxygen atoms in total. The number of anilines is 1. The van der Waals surface area contributed by atoms with E-state index in [1.54, 1.807) is 16.9 Å². The van der Waals surface area contributed by atoms with Gasteiger partial charge in [0, 0.05) is 17.2 Å². The van der Waals surface area contributed by atoms with Gasteiger partial charge < -0.3 is 18.1 Å². The van der Waals surface area contributed by atoms with Gasteiger partial charge in [0.25, 0.3) is 0 Å². The van der Waals surface area contributed by atoms with Gasteiger partial charge in [-0.1, -0.05) is 17.7 Å². The molecule has 0 bridgehead atoms. The van der Waals surface area contributed by atoms with E-state index in [1.807, 2.05) is 55.2 Å². The highest BCUT2D eigenvalue weighted by molar-refractivity contribution is 6.30. The molecular formula is C17H18Cl2N6. The van der Waals surface area contributed by atoms with E-state index in [0.717, 1.165) is 11.1 Å². The molecule has 0 fully saturated rings. The van der Waals surface area contributed by atoms with Crippen LogP contribution in [0.1, 0.15) is 11.1 Å². The van der Waals surface area contributed by atoms with Crippen molar-refractivity contribution in [1.29, 1.82) is 0 Å². The molecule has 130 valence electrons. The number of aromatic nitrogens is 3. The van der Waals surface area contributed by atoms with Crippen LogP contribution in [0.3, 0.4) is 0 Å². The maximum absolute atomic E-state index is 6.13. The van der Waals surface area contributed by atoms with Crippen LogP contribution >= 0.6 is 11.6 Å². The molecule has 0 saturated heterocycles. The molecule has 0 amide bonds. The molecule has 0 aliphatic heterocycles. The third-order valence-corrected chi connectivity index (χ3v) is 3.91. The summed E-state index contributed by atoms with van der Waals surface area (Å²) in [6, 6.07) is 9.54. The van der Waals surface area contributed by atoms with Gasteiger partial charge in [-0.15, -0.1) is 5.11 Å². The Morgan fingerprint density at radius 1 is 1.16 bits per heavy atom. The fourth-order valence-corrected chi connectivity index (χ4v) is 2.36. The molecule has 0 aliphatic rings. The van der Waals surface area contributed by atoms with Crippen molar-refractivity contribution in [3.8, 4) is 0 Å². The lowest BCUT2D eigenvalue weighted by molar-refractivity contribution is -0.671. The lowest BCUT2D eigenvalue weighted by atomic mass is 10.2. The summed E-state index contributed by atoms with van der Waals surface area (Å²) < 4.78 is 3.68. The first-order valence-corrected chi connectivity index (χ1v) is 7.84. The van der Waals surface area contributed by atoms with E-state index in [2.05, 4.69) is 15.3 Å². The van der Waals surface area contributed by atoms with Crippen molar-refractivity contribution >= 4 is 28.8 Å². The number of hydrogen-bond acceptors (Lipinski definition) is 4. The van der Waals surface area contributed by atoms with Crippen molar-refractivity contribution in [1.82, 2.24) is 9.78 Å². The Bertz CT molecular complexity index is 887. The Kier molecular flexibility index (Phi) is 6.12. The monoisotopic (exact) mass is 376 g/mol. The van der Waals surface area contributed by atoms with Crippen LogP contribution in [0.15, 0.2) is 59.2 Å². The number of pyridine rings is 1. The van der Waals surface area contributed by atoms with Crippen molar-refractivity contribution in [2.45, 2.75) is 13.5 Å². The predicted molar refractivity (Wildman–Crippen MR) is 93.7 cm³/mol. The fraction of sp³-hybridized carbons (Fsp3) is 0.176.